The van der Waals surface area contributed by atoms with Gasteiger partial charge in [0.05, 0.1) is 0 Å². The number of hydrogen-bond acceptors (Lipinski definition) is 0. The molecule has 0 saturated carbocycles. The third-order valence-electron chi connectivity index (χ3n) is 10.4. The van der Waals surface area contributed by atoms with Crippen molar-refractivity contribution < 1.29 is 0 Å². The number of rotatable bonds is 8. The second-order valence-corrected chi connectivity index (χ2v) is 13.8. The fourth-order valence-corrected chi connectivity index (χ4v) is 7.27. The third-order valence-corrected chi connectivity index (χ3v) is 10.4. The highest BCUT2D eigenvalue weighted by Crippen LogP contribution is 2.33. The normalized spacial score (nSPS) is 11.0. The van der Waals surface area contributed by atoms with Crippen LogP contribution in [0, 0.1) is 0 Å². The second kappa shape index (κ2) is 14.9. The van der Waals surface area contributed by atoms with E-state index < -0.39 is 0 Å². The van der Waals surface area contributed by atoms with Crippen LogP contribution in [0.1, 0.15) is 0 Å². The van der Waals surface area contributed by atoms with Crippen LogP contribution in [0.3, 0.4) is 0 Å². The minimum atomic E-state index is 1.21. The van der Waals surface area contributed by atoms with Crippen LogP contribution in [-0.4, -0.2) is 0 Å². The largest absolute Gasteiger partial charge is 0.0622 e. The molecule has 0 atom stereocenters. The average Bonchev–Trinajstić information content (AvgIpc) is 3.27. The molecule has 0 bridgehead atoms. The number of hydrogen-bond donors (Lipinski definition) is 0. The van der Waals surface area contributed by atoms with Crippen LogP contribution < -0.4 is 0 Å². The van der Waals surface area contributed by atoms with Gasteiger partial charge in [0.15, 0.2) is 0 Å². The topological polar surface area (TPSA) is 0 Å². The maximum atomic E-state index is 2.29. The van der Waals surface area contributed by atoms with Crippen molar-refractivity contribution in [2.75, 3.05) is 0 Å². The van der Waals surface area contributed by atoms with Gasteiger partial charge in [0.25, 0.3) is 0 Å². The van der Waals surface area contributed by atoms with Crippen LogP contribution >= 0.6 is 0 Å². The van der Waals surface area contributed by atoms with Gasteiger partial charge in [-0.2, -0.15) is 0 Å². The van der Waals surface area contributed by atoms with Crippen molar-refractivity contribution in [3.8, 4) is 89.0 Å². The molecule has 0 aliphatic carbocycles. The van der Waals surface area contributed by atoms with Crippen molar-refractivity contribution in [1.82, 2.24) is 0 Å². The van der Waals surface area contributed by atoms with Crippen LogP contribution in [0.2, 0.25) is 0 Å². The van der Waals surface area contributed by atoms with Crippen molar-refractivity contribution in [3.05, 3.63) is 231 Å². The summed E-state index contributed by atoms with van der Waals surface area (Å²) in [6, 6.07) is 83.1. The standard InChI is InChI=1S/C54H38/c1-3-8-39(9-4-1)41-14-18-43(19-15-41)45-22-26-47(27-23-45)49-30-34-51(35-31-49)53-12-7-13-54(38-53)52-36-32-50(33-37-52)48-28-24-46(25-29-48)44-20-16-42(17-21-44)40-10-5-2-6-11-40/h1-38H. The smallest absolute Gasteiger partial charge is 0.0178 e. The Bertz CT molecular complexity index is 2410. The van der Waals surface area contributed by atoms with E-state index in [1.54, 1.807) is 0 Å². The Labute approximate surface area is 318 Å². The summed E-state index contributed by atoms with van der Waals surface area (Å²) in [6.07, 6.45) is 0. The summed E-state index contributed by atoms with van der Waals surface area (Å²) in [6.45, 7) is 0. The lowest BCUT2D eigenvalue weighted by Crippen LogP contribution is -1.85. The zero-order valence-corrected chi connectivity index (χ0v) is 29.9. The van der Waals surface area contributed by atoms with Crippen LogP contribution in [0.4, 0.5) is 0 Å². The van der Waals surface area contributed by atoms with E-state index in [-0.39, 0.29) is 0 Å². The molecule has 0 N–H and O–H groups in total. The first kappa shape index (κ1) is 32.9. The van der Waals surface area contributed by atoms with E-state index in [9.17, 15) is 0 Å². The molecule has 9 aromatic carbocycles. The minimum absolute atomic E-state index is 1.21. The van der Waals surface area contributed by atoms with Crippen molar-refractivity contribution >= 4 is 0 Å². The molecule has 0 aliphatic rings. The monoisotopic (exact) mass is 686 g/mol. The Hall–Kier alpha value is -7.02. The van der Waals surface area contributed by atoms with E-state index in [2.05, 4.69) is 231 Å². The summed E-state index contributed by atoms with van der Waals surface area (Å²) in [5, 5.41) is 0. The zero-order valence-electron chi connectivity index (χ0n) is 29.9. The molecule has 0 heteroatoms. The molecule has 9 rings (SSSR count). The molecule has 54 heavy (non-hydrogen) atoms. The highest BCUT2D eigenvalue weighted by Gasteiger charge is 2.07. The highest BCUT2D eigenvalue weighted by molar-refractivity contribution is 5.79. The summed E-state index contributed by atoms with van der Waals surface area (Å²) in [7, 11) is 0. The molecule has 0 unspecified atom stereocenters. The molecule has 0 saturated heterocycles. The Morgan fingerprint density at radius 2 is 0.259 bits per heavy atom. The maximum Gasteiger partial charge on any atom is -0.0178 e. The van der Waals surface area contributed by atoms with Gasteiger partial charge in [-0.15, -0.1) is 0 Å². The van der Waals surface area contributed by atoms with Gasteiger partial charge in [0, 0.05) is 0 Å². The Balaban J connectivity index is 0.859. The van der Waals surface area contributed by atoms with Gasteiger partial charge in [-0.05, 0) is 95.1 Å². The SMILES string of the molecule is c1ccc(-c2ccc(-c3ccc(-c4ccc(-c5cccc(-c6ccc(-c7ccc(-c8ccc(-c9ccccc9)cc8)cc7)cc6)c5)cc4)cc3)cc2)cc1. The van der Waals surface area contributed by atoms with Crippen molar-refractivity contribution in [2.24, 2.45) is 0 Å². The predicted molar refractivity (Wildman–Crippen MR) is 230 cm³/mol. The minimum Gasteiger partial charge on any atom is -0.0622 e. The summed E-state index contributed by atoms with van der Waals surface area (Å²) in [4.78, 5) is 0. The lowest BCUT2D eigenvalue weighted by atomic mass is 9.95. The molecule has 0 radical (unpaired) electrons. The van der Waals surface area contributed by atoms with Crippen molar-refractivity contribution in [3.63, 3.8) is 0 Å². The van der Waals surface area contributed by atoms with Gasteiger partial charge in [-0.1, -0.05) is 224 Å². The van der Waals surface area contributed by atoms with Gasteiger partial charge < -0.3 is 0 Å². The molecule has 0 spiro atoms. The molecular formula is C54H38. The summed E-state index contributed by atoms with van der Waals surface area (Å²) >= 11 is 0. The van der Waals surface area contributed by atoms with E-state index in [1.165, 1.54) is 89.0 Å². The second-order valence-electron chi connectivity index (χ2n) is 13.8. The lowest BCUT2D eigenvalue weighted by Gasteiger charge is -2.10. The fraction of sp³-hybridized carbons (Fsp3) is 0. The zero-order chi connectivity index (χ0) is 36.1. The maximum absolute atomic E-state index is 2.29. The van der Waals surface area contributed by atoms with Gasteiger partial charge in [-0.25, -0.2) is 0 Å². The molecule has 9 aromatic rings. The van der Waals surface area contributed by atoms with Crippen molar-refractivity contribution in [2.45, 2.75) is 0 Å². The Morgan fingerprint density at radius 3 is 0.463 bits per heavy atom. The van der Waals surface area contributed by atoms with E-state index in [0.717, 1.165) is 0 Å². The fourth-order valence-electron chi connectivity index (χ4n) is 7.27. The van der Waals surface area contributed by atoms with Gasteiger partial charge >= 0.3 is 0 Å². The molecule has 0 fully saturated rings. The van der Waals surface area contributed by atoms with Gasteiger partial charge in [0.1, 0.15) is 0 Å². The molecule has 0 nitrogen and oxygen atoms in total. The first-order valence-electron chi connectivity index (χ1n) is 18.6. The average molecular weight is 687 g/mol. The molecule has 0 amide bonds. The Kier molecular flexibility index (Phi) is 9.07. The van der Waals surface area contributed by atoms with E-state index in [0.29, 0.717) is 0 Å². The highest BCUT2D eigenvalue weighted by atomic mass is 14.1. The summed E-state index contributed by atoms with van der Waals surface area (Å²) in [5.41, 5.74) is 19.5. The van der Waals surface area contributed by atoms with E-state index in [1.807, 2.05) is 0 Å². The van der Waals surface area contributed by atoms with Crippen LogP contribution in [0.5, 0.6) is 0 Å². The first-order valence-corrected chi connectivity index (χ1v) is 18.6. The van der Waals surface area contributed by atoms with Gasteiger partial charge in [-0.3, -0.25) is 0 Å². The molecule has 0 aromatic heterocycles. The van der Waals surface area contributed by atoms with Crippen LogP contribution in [-0.2, 0) is 0 Å². The number of benzene rings is 9. The molecule has 0 heterocycles. The van der Waals surface area contributed by atoms with E-state index >= 15 is 0 Å². The van der Waals surface area contributed by atoms with Crippen LogP contribution in [0.15, 0.2) is 231 Å². The van der Waals surface area contributed by atoms with Crippen LogP contribution in [0.25, 0.3) is 89.0 Å². The van der Waals surface area contributed by atoms with E-state index in [4.69, 9.17) is 0 Å². The molecule has 254 valence electrons. The summed E-state index contributed by atoms with van der Waals surface area (Å²) in [5.74, 6) is 0. The first-order chi connectivity index (χ1) is 26.7. The molecular weight excluding hydrogens is 649 g/mol. The summed E-state index contributed by atoms with van der Waals surface area (Å²) < 4.78 is 0. The quantitative estimate of drug-likeness (QED) is 0.149. The predicted octanol–water partition coefficient (Wildman–Crippen LogP) is 15.0. The third kappa shape index (κ3) is 7.06. The lowest BCUT2D eigenvalue weighted by molar-refractivity contribution is 1.56. The molecule has 0 aliphatic heterocycles. The van der Waals surface area contributed by atoms with Crippen molar-refractivity contribution in [1.29, 1.82) is 0 Å². The van der Waals surface area contributed by atoms with Gasteiger partial charge in [0.2, 0.25) is 0 Å². The Morgan fingerprint density at radius 1 is 0.111 bits per heavy atom.